The zero-order valence-corrected chi connectivity index (χ0v) is 29.9. The summed E-state index contributed by atoms with van der Waals surface area (Å²) in [4.78, 5) is 33.8. The molecule has 0 amide bonds. The van der Waals surface area contributed by atoms with E-state index in [1.165, 1.54) is 19.1 Å². The predicted octanol–water partition coefficient (Wildman–Crippen LogP) is 10.4. The van der Waals surface area contributed by atoms with E-state index in [0.29, 0.717) is 16.7 Å². The summed E-state index contributed by atoms with van der Waals surface area (Å²) in [6.45, 7) is 3.98. The topological polar surface area (TPSA) is 68.2 Å². The molecule has 0 radical (unpaired) electrons. The first-order valence-corrected chi connectivity index (χ1v) is 18.0. The molecule has 0 bridgehead atoms. The minimum atomic E-state index is -4.39. The van der Waals surface area contributed by atoms with Crippen molar-refractivity contribution in [2.45, 2.75) is 83.2 Å². The molecule has 6 rings (SSSR count). The van der Waals surface area contributed by atoms with Crippen LogP contribution in [0.4, 0.5) is 23.2 Å². The average molecular weight is 727 g/mol. The number of benzene rings is 4. The van der Waals surface area contributed by atoms with Crippen molar-refractivity contribution in [3.63, 3.8) is 0 Å². The molecule has 3 atom stereocenters. The predicted molar refractivity (Wildman–Crippen MR) is 199 cm³/mol. The smallest absolute Gasteiger partial charge is 0.340 e. The monoisotopic (exact) mass is 726 g/mol. The van der Waals surface area contributed by atoms with Crippen LogP contribution in [-0.4, -0.2) is 48.5 Å². The SMILES string of the molecule is CCCCCC(CC)N1c2c(cc(C(=O)c3ccccc3)c3ccccc23)C2C=C(/C(=N/OC(C)=O)c3ccccc3OCC(F)(F)C(F)F)C=CC21. The van der Waals surface area contributed by atoms with Gasteiger partial charge in [-0.25, -0.2) is 13.6 Å². The fourth-order valence-corrected chi connectivity index (χ4v) is 7.36. The molecule has 1 heterocycles. The number of rotatable bonds is 15. The van der Waals surface area contributed by atoms with E-state index < -0.39 is 24.9 Å². The Morgan fingerprint density at radius 3 is 2.30 bits per heavy atom. The molecule has 1 aliphatic heterocycles. The van der Waals surface area contributed by atoms with E-state index in [4.69, 9.17) is 9.57 Å². The highest BCUT2D eigenvalue weighted by atomic mass is 19.3. The lowest BCUT2D eigenvalue weighted by atomic mass is 9.83. The van der Waals surface area contributed by atoms with Gasteiger partial charge in [0.2, 0.25) is 0 Å². The number of carbonyl (C=O) groups excluding carboxylic acids is 2. The Morgan fingerprint density at radius 1 is 0.906 bits per heavy atom. The van der Waals surface area contributed by atoms with Crippen LogP contribution in [-0.2, 0) is 9.63 Å². The van der Waals surface area contributed by atoms with Gasteiger partial charge in [0.25, 0.3) is 0 Å². The number of hydrogen-bond donors (Lipinski definition) is 0. The Hall–Kier alpha value is -5.25. The van der Waals surface area contributed by atoms with Crippen molar-refractivity contribution in [2.24, 2.45) is 5.16 Å². The molecular formula is C43H42F4N2O4. The minimum absolute atomic E-state index is 0.0993. The van der Waals surface area contributed by atoms with E-state index in [2.05, 4.69) is 36.0 Å². The van der Waals surface area contributed by atoms with Gasteiger partial charge in [-0.05, 0) is 42.0 Å². The second-order valence-electron chi connectivity index (χ2n) is 13.4. The number of fused-ring (bicyclic) bond motifs is 5. The summed E-state index contributed by atoms with van der Waals surface area (Å²) in [6.07, 6.45) is 7.11. The first-order valence-electron chi connectivity index (χ1n) is 18.0. The van der Waals surface area contributed by atoms with Crippen molar-refractivity contribution in [3.8, 4) is 5.75 Å². The molecule has 4 aromatic rings. The zero-order valence-electron chi connectivity index (χ0n) is 29.9. The maximum atomic E-state index is 14.2. The summed E-state index contributed by atoms with van der Waals surface area (Å²) < 4.78 is 59.3. The van der Waals surface area contributed by atoms with E-state index in [1.807, 2.05) is 54.6 Å². The van der Waals surface area contributed by atoms with Gasteiger partial charge >= 0.3 is 18.3 Å². The van der Waals surface area contributed by atoms with E-state index >= 15 is 0 Å². The molecule has 0 saturated heterocycles. The lowest BCUT2D eigenvalue weighted by Gasteiger charge is -2.37. The minimum Gasteiger partial charge on any atom is -0.486 e. The van der Waals surface area contributed by atoms with Crippen molar-refractivity contribution in [1.82, 2.24) is 0 Å². The van der Waals surface area contributed by atoms with E-state index in [9.17, 15) is 27.2 Å². The second kappa shape index (κ2) is 16.2. The Bertz CT molecular complexity index is 2060. The number of allylic oxidation sites excluding steroid dienone is 2. The molecule has 0 fully saturated rings. The van der Waals surface area contributed by atoms with Gasteiger partial charge < -0.3 is 14.5 Å². The summed E-state index contributed by atoms with van der Waals surface area (Å²) in [5.41, 5.74) is 3.90. The molecule has 0 N–H and O–H groups in total. The van der Waals surface area contributed by atoms with Crippen LogP contribution in [0, 0.1) is 0 Å². The number of hydrogen-bond acceptors (Lipinski definition) is 6. The molecule has 10 heteroatoms. The van der Waals surface area contributed by atoms with Crippen LogP contribution in [0.25, 0.3) is 10.8 Å². The number of alkyl halides is 4. The third-order valence-corrected chi connectivity index (χ3v) is 9.89. The van der Waals surface area contributed by atoms with Gasteiger partial charge in [-0.3, -0.25) is 4.79 Å². The summed E-state index contributed by atoms with van der Waals surface area (Å²) in [5.74, 6) is -5.63. The van der Waals surface area contributed by atoms with Gasteiger partial charge in [0.1, 0.15) is 11.5 Å². The van der Waals surface area contributed by atoms with Crippen molar-refractivity contribution < 1.29 is 36.7 Å². The van der Waals surface area contributed by atoms with E-state index in [-0.39, 0.29) is 40.8 Å². The Labute approximate surface area is 306 Å². The highest BCUT2D eigenvalue weighted by molar-refractivity contribution is 6.19. The quantitative estimate of drug-likeness (QED) is 0.0305. The lowest BCUT2D eigenvalue weighted by molar-refractivity contribution is -0.148. The summed E-state index contributed by atoms with van der Waals surface area (Å²) in [6, 6.07) is 25.2. The maximum absolute atomic E-state index is 14.2. The number of carbonyl (C=O) groups is 2. The highest BCUT2D eigenvalue weighted by Gasteiger charge is 2.44. The number of anilines is 1. The third-order valence-electron chi connectivity index (χ3n) is 9.89. The summed E-state index contributed by atoms with van der Waals surface area (Å²) >= 11 is 0. The van der Waals surface area contributed by atoms with Crippen molar-refractivity contribution in [1.29, 1.82) is 0 Å². The first-order chi connectivity index (χ1) is 25.6. The van der Waals surface area contributed by atoms with Crippen LogP contribution in [0.2, 0.25) is 0 Å². The standard InChI is InChI=1S/C43H42F4N2O4/c1-4-6-8-17-30(5-2)49-37-23-22-29(39(48-53-27(3)50)33-20-13-14-21-38(33)52-26-43(46,47)42(44)45)24-34(37)35-25-36(41(51)28-15-9-7-10-16-28)31-18-11-12-19-32(31)40(35)49/h7,9-16,18-25,30,34,37,42H,4-6,8,17,26H2,1-3H3/b48-39-. The number of oxime groups is 1. The largest absolute Gasteiger partial charge is 0.486 e. The molecule has 0 saturated carbocycles. The van der Waals surface area contributed by atoms with Crippen LogP contribution in [0.15, 0.2) is 114 Å². The number of unbranched alkanes of at least 4 members (excludes halogenated alkanes) is 2. The van der Waals surface area contributed by atoms with Crippen LogP contribution in [0.1, 0.15) is 85.8 Å². The number of nitrogens with zero attached hydrogens (tertiary/aromatic N) is 2. The van der Waals surface area contributed by atoms with E-state index in [1.54, 1.807) is 24.3 Å². The normalized spacial score (nSPS) is 17.4. The number of ether oxygens (including phenoxy) is 1. The number of ketones is 1. The first kappa shape index (κ1) is 37.5. The molecule has 276 valence electrons. The van der Waals surface area contributed by atoms with Gasteiger partial charge in [0.05, 0.1) is 6.04 Å². The highest BCUT2D eigenvalue weighted by Crippen LogP contribution is 2.51. The van der Waals surface area contributed by atoms with Gasteiger partial charge in [0.15, 0.2) is 12.4 Å². The van der Waals surface area contributed by atoms with Gasteiger partial charge in [0, 0.05) is 52.2 Å². The molecule has 2 aliphatic rings. The number of para-hydroxylation sites is 1. The van der Waals surface area contributed by atoms with Gasteiger partial charge in [-0.1, -0.05) is 123 Å². The van der Waals surface area contributed by atoms with Crippen LogP contribution >= 0.6 is 0 Å². The summed E-state index contributed by atoms with van der Waals surface area (Å²) in [7, 11) is 0. The van der Waals surface area contributed by atoms with Crippen molar-refractivity contribution >= 4 is 33.9 Å². The molecule has 1 aliphatic carbocycles. The number of halogens is 4. The molecule has 0 aromatic heterocycles. The Kier molecular flexibility index (Phi) is 11.5. The second-order valence-corrected chi connectivity index (χ2v) is 13.4. The molecule has 6 nitrogen and oxygen atoms in total. The van der Waals surface area contributed by atoms with E-state index in [0.717, 1.165) is 54.1 Å². The fraction of sp³-hybridized carbons (Fsp3) is 0.326. The Morgan fingerprint density at radius 2 is 1.60 bits per heavy atom. The van der Waals surface area contributed by atoms with Gasteiger partial charge in [-0.2, -0.15) is 8.78 Å². The van der Waals surface area contributed by atoms with Crippen LogP contribution in [0.3, 0.4) is 0 Å². The fourth-order valence-electron chi connectivity index (χ4n) is 7.36. The molecule has 0 spiro atoms. The van der Waals surface area contributed by atoms with Crippen molar-refractivity contribution in [2.75, 3.05) is 11.5 Å². The average Bonchev–Trinajstić information content (AvgIpc) is 3.49. The van der Waals surface area contributed by atoms with Crippen LogP contribution < -0.4 is 9.64 Å². The maximum Gasteiger partial charge on any atom is 0.340 e. The van der Waals surface area contributed by atoms with Crippen molar-refractivity contribution in [3.05, 3.63) is 131 Å². The van der Waals surface area contributed by atoms with Gasteiger partial charge in [-0.15, -0.1) is 0 Å². The lowest BCUT2D eigenvalue weighted by Crippen LogP contribution is -2.41. The third kappa shape index (κ3) is 7.77. The molecule has 4 aromatic carbocycles. The Balaban J connectivity index is 1.52. The molecular weight excluding hydrogens is 684 g/mol. The molecule has 3 unspecified atom stereocenters. The zero-order chi connectivity index (χ0) is 37.7. The molecule has 53 heavy (non-hydrogen) atoms. The summed E-state index contributed by atoms with van der Waals surface area (Å²) in [5, 5.41) is 5.96. The van der Waals surface area contributed by atoms with Crippen LogP contribution in [0.5, 0.6) is 5.75 Å².